The molecule has 0 aliphatic rings. The van der Waals surface area contributed by atoms with Crippen molar-refractivity contribution in [2.45, 2.75) is 141 Å². The van der Waals surface area contributed by atoms with Gasteiger partial charge in [-0.2, -0.15) is 11.8 Å². The van der Waals surface area contributed by atoms with E-state index in [-0.39, 0.29) is 6.10 Å². The van der Waals surface area contributed by atoms with Crippen molar-refractivity contribution in [2.75, 3.05) is 5.75 Å². The number of hydrogen-bond donors (Lipinski definition) is 1. The summed E-state index contributed by atoms with van der Waals surface area (Å²) in [5.41, 5.74) is 0. The van der Waals surface area contributed by atoms with Crippen molar-refractivity contribution in [2.24, 2.45) is 0 Å². The van der Waals surface area contributed by atoms with Crippen molar-refractivity contribution in [1.82, 2.24) is 0 Å². The van der Waals surface area contributed by atoms with Gasteiger partial charge in [-0.1, -0.05) is 110 Å². The second kappa shape index (κ2) is 20.6. The lowest BCUT2D eigenvalue weighted by molar-refractivity contribution is 0.185. The van der Waals surface area contributed by atoms with E-state index >= 15 is 0 Å². The maximum absolute atomic E-state index is 9.35. The van der Waals surface area contributed by atoms with Gasteiger partial charge in [0, 0.05) is 5.25 Å². The van der Waals surface area contributed by atoms with E-state index < -0.39 is 0 Å². The standard InChI is InChI=1S/C23H48OS/c1-4-5-6-7-8-9-10-11-12-13-14-15-16-17-18-19-20-25-23(3)21-22(2)24/h22-24H,4-21H2,1-3H3. The molecule has 0 radical (unpaired) electrons. The van der Waals surface area contributed by atoms with Crippen molar-refractivity contribution in [1.29, 1.82) is 0 Å². The van der Waals surface area contributed by atoms with E-state index in [1.807, 2.05) is 18.7 Å². The molecule has 0 heterocycles. The highest BCUT2D eigenvalue weighted by molar-refractivity contribution is 7.99. The first kappa shape index (κ1) is 25.3. The molecule has 2 unspecified atom stereocenters. The molecule has 0 aromatic heterocycles. The quantitative estimate of drug-likeness (QED) is 0.218. The van der Waals surface area contributed by atoms with E-state index in [4.69, 9.17) is 0 Å². The Bertz CT molecular complexity index is 242. The molecule has 0 saturated carbocycles. The number of thioether (sulfide) groups is 1. The molecule has 0 rings (SSSR count). The third-order valence-electron chi connectivity index (χ3n) is 5.07. The van der Waals surface area contributed by atoms with Gasteiger partial charge in [0.15, 0.2) is 0 Å². The number of aliphatic hydroxyl groups excluding tert-OH is 1. The SMILES string of the molecule is CCCCCCCCCCCCCCCCCCSC(C)CC(C)O. The number of unbranched alkanes of at least 4 members (excludes halogenated alkanes) is 15. The molecule has 0 saturated heterocycles. The van der Waals surface area contributed by atoms with E-state index in [1.54, 1.807) is 0 Å². The van der Waals surface area contributed by atoms with Crippen LogP contribution in [0.25, 0.3) is 0 Å². The Morgan fingerprint density at radius 3 is 1.32 bits per heavy atom. The smallest absolute Gasteiger partial charge is 0.0522 e. The van der Waals surface area contributed by atoms with Gasteiger partial charge in [-0.3, -0.25) is 0 Å². The predicted octanol–water partition coefficient (Wildman–Crippen LogP) is 8.14. The van der Waals surface area contributed by atoms with Gasteiger partial charge >= 0.3 is 0 Å². The molecule has 2 heteroatoms. The highest BCUT2D eigenvalue weighted by Gasteiger charge is 2.05. The Morgan fingerprint density at radius 2 is 0.960 bits per heavy atom. The summed E-state index contributed by atoms with van der Waals surface area (Å²) < 4.78 is 0. The van der Waals surface area contributed by atoms with Gasteiger partial charge in [0.05, 0.1) is 6.10 Å². The fourth-order valence-corrected chi connectivity index (χ4v) is 4.67. The molecule has 0 amide bonds. The van der Waals surface area contributed by atoms with Crippen LogP contribution in [-0.4, -0.2) is 22.2 Å². The average Bonchev–Trinajstić information content (AvgIpc) is 2.57. The monoisotopic (exact) mass is 372 g/mol. The lowest BCUT2D eigenvalue weighted by Gasteiger charge is -2.12. The Labute approximate surface area is 164 Å². The van der Waals surface area contributed by atoms with E-state index in [1.165, 1.54) is 108 Å². The summed E-state index contributed by atoms with van der Waals surface area (Å²) in [5.74, 6) is 1.27. The van der Waals surface area contributed by atoms with Crippen LogP contribution in [0.5, 0.6) is 0 Å². The van der Waals surface area contributed by atoms with E-state index in [0.29, 0.717) is 5.25 Å². The van der Waals surface area contributed by atoms with Crippen LogP contribution < -0.4 is 0 Å². The van der Waals surface area contributed by atoms with Gasteiger partial charge in [0.25, 0.3) is 0 Å². The van der Waals surface area contributed by atoms with Crippen molar-refractivity contribution in [3.05, 3.63) is 0 Å². The average molecular weight is 373 g/mol. The molecule has 0 aliphatic heterocycles. The molecule has 0 aromatic rings. The largest absolute Gasteiger partial charge is 0.393 e. The Morgan fingerprint density at radius 1 is 0.600 bits per heavy atom. The number of rotatable bonds is 20. The Balaban J connectivity index is 3.05. The van der Waals surface area contributed by atoms with E-state index in [9.17, 15) is 5.11 Å². The van der Waals surface area contributed by atoms with Crippen LogP contribution in [0.3, 0.4) is 0 Å². The molecule has 1 nitrogen and oxygen atoms in total. The summed E-state index contributed by atoms with van der Waals surface area (Å²) >= 11 is 2.03. The number of hydrogen-bond acceptors (Lipinski definition) is 2. The highest BCUT2D eigenvalue weighted by Crippen LogP contribution is 2.19. The van der Waals surface area contributed by atoms with Crippen molar-refractivity contribution < 1.29 is 5.11 Å². The zero-order valence-corrected chi connectivity index (χ0v) is 18.6. The maximum Gasteiger partial charge on any atom is 0.0522 e. The lowest BCUT2D eigenvalue weighted by Crippen LogP contribution is -2.09. The topological polar surface area (TPSA) is 20.2 Å². The third kappa shape index (κ3) is 22.3. The predicted molar refractivity (Wildman–Crippen MR) is 118 cm³/mol. The number of aliphatic hydroxyl groups is 1. The fourth-order valence-electron chi connectivity index (χ4n) is 3.48. The molecular formula is C23H48OS. The van der Waals surface area contributed by atoms with Crippen LogP contribution in [0.15, 0.2) is 0 Å². The van der Waals surface area contributed by atoms with Gasteiger partial charge in [0.1, 0.15) is 0 Å². The lowest BCUT2D eigenvalue weighted by atomic mass is 10.0. The molecule has 0 spiro atoms. The molecule has 1 N–H and O–H groups in total. The molecule has 0 aromatic carbocycles. The van der Waals surface area contributed by atoms with Crippen molar-refractivity contribution in [3.63, 3.8) is 0 Å². The first-order valence-corrected chi connectivity index (χ1v) is 12.5. The molecule has 0 fully saturated rings. The minimum atomic E-state index is -0.145. The molecule has 25 heavy (non-hydrogen) atoms. The first-order chi connectivity index (χ1) is 12.2. The minimum absolute atomic E-state index is 0.145. The van der Waals surface area contributed by atoms with Crippen molar-refractivity contribution >= 4 is 11.8 Å². The van der Waals surface area contributed by atoms with Gasteiger partial charge in [-0.25, -0.2) is 0 Å². The van der Waals surface area contributed by atoms with Crippen LogP contribution in [-0.2, 0) is 0 Å². The van der Waals surface area contributed by atoms with Crippen LogP contribution in [0, 0.1) is 0 Å². The summed E-state index contributed by atoms with van der Waals surface area (Å²) in [5, 5.41) is 9.96. The molecule has 0 aliphatic carbocycles. The summed E-state index contributed by atoms with van der Waals surface area (Å²) in [6.07, 6.45) is 23.8. The molecule has 2 atom stereocenters. The Kier molecular flexibility index (Phi) is 20.9. The normalized spacial score (nSPS) is 13.9. The van der Waals surface area contributed by atoms with Gasteiger partial charge in [-0.15, -0.1) is 0 Å². The summed E-state index contributed by atoms with van der Waals surface area (Å²) in [6.45, 7) is 6.43. The van der Waals surface area contributed by atoms with Gasteiger partial charge in [0.2, 0.25) is 0 Å². The maximum atomic E-state index is 9.35. The second-order valence-corrected chi connectivity index (χ2v) is 9.62. The summed E-state index contributed by atoms with van der Waals surface area (Å²) in [7, 11) is 0. The zero-order chi connectivity index (χ0) is 18.6. The van der Waals surface area contributed by atoms with Crippen LogP contribution in [0.2, 0.25) is 0 Å². The molecule has 152 valence electrons. The summed E-state index contributed by atoms with van der Waals surface area (Å²) in [4.78, 5) is 0. The van der Waals surface area contributed by atoms with Gasteiger partial charge in [-0.05, 0) is 25.5 Å². The van der Waals surface area contributed by atoms with Crippen molar-refractivity contribution in [3.8, 4) is 0 Å². The van der Waals surface area contributed by atoms with E-state index in [2.05, 4.69) is 13.8 Å². The third-order valence-corrected chi connectivity index (χ3v) is 6.36. The highest BCUT2D eigenvalue weighted by atomic mass is 32.2. The summed E-state index contributed by atoms with van der Waals surface area (Å²) in [6, 6.07) is 0. The van der Waals surface area contributed by atoms with Crippen LogP contribution >= 0.6 is 11.8 Å². The van der Waals surface area contributed by atoms with Crippen LogP contribution in [0.1, 0.15) is 130 Å². The van der Waals surface area contributed by atoms with E-state index in [0.717, 1.165) is 6.42 Å². The Hall–Kier alpha value is 0.310. The zero-order valence-electron chi connectivity index (χ0n) is 17.7. The minimum Gasteiger partial charge on any atom is -0.393 e. The first-order valence-electron chi connectivity index (χ1n) is 11.5. The van der Waals surface area contributed by atoms with Crippen LogP contribution in [0.4, 0.5) is 0 Å². The molecule has 0 bridgehead atoms. The fraction of sp³-hybridized carbons (Fsp3) is 1.00. The second-order valence-electron chi connectivity index (χ2n) is 8.07. The van der Waals surface area contributed by atoms with Gasteiger partial charge < -0.3 is 5.11 Å². The molecular weight excluding hydrogens is 324 g/mol.